The lowest BCUT2D eigenvalue weighted by Crippen LogP contribution is -2.25. The number of carbonyl (C=O) groups is 1. The molecule has 1 atom stereocenters. The molecular formula is C14H20N2O. The number of hydrogen-bond acceptors (Lipinski definition) is 2. The number of anilines is 1. The third-order valence-corrected chi connectivity index (χ3v) is 3.41. The summed E-state index contributed by atoms with van der Waals surface area (Å²) in [6, 6.07) is 6.14. The van der Waals surface area contributed by atoms with Gasteiger partial charge in [0.25, 0.3) is 0 Å². The molecule has 1 aliphatic rings. The number of nitrogens with zero attached hydrogens (tertiary/aromatic N) is 1. The van der Waals surface area contributed by atoms with Crippen molar-refractivity contribution in [3.05, 3.63) is 29.3 Å². The topological polar surface area (TPSA) is 32.3 Å². The van der Waals surface area contributed by atoms with E-state index in [0.717, 1.165) is 30.8 Å². The van der Waals surface area contributed by atoms with Crippen LogP contribution in [0.4, 0.5) is 5.69 Å². The van der Waals surface area contributed by atoms with E-state index in [1.807, 2.05) is 26.0 Å². The van der Waals surface area contributed by atoms with Gasteiger partial charge in [0.15, 0.2) is 0 Å². The number of benzene rings is 1. The van der Waals surface area contributed by atoms with Crippen LogP contribution in [0.15, 0.2) is 18.2 Å². The summed E-state index contributed by atoms with van der Waals surface area (Å²) in [4.78, 5) is 14.3. The van der Waals surface area contributed by atoms with Crippen LogP contribution in [0.5, 0.6) is 0 Å². The standard InChI is InChI=1S/C14H20N2O/c1-10-4-5-11(2)13(8-10)15-14(17)12-6-7-16(3)9-12/h4-5,8,12H,6-7,9H2,1-3H3,(H,15,17). The van der Waals surface area contributed by atoms with Gasteiger partial charge in [0.05, 0.1) is 5.92 Å². The van der Waals surface area contributed by atoms with Gasteiger partial charge in [0, 0.05) is 12.2 Å². The fourth-order valence-corrected chi connectivity index (χ4v) is 2.25. The van der Waals surface area contributed by atoms with Gasteiger partial charge in [0.1, 0.15) is 0 Å². The minimum absolute atomic E-state index is 0.139. The summed E-state index contributed by atoms with van der Waals surface area (Å²) in [5.74, 6) is 0.294. The second kappa shape index (κ2) is 4.88. The number of rotatable bonds is 2. The van der Waals surface area contributed by atoms with Crippen LogP contribution in [0, 0.1) is 19.8 Å². The van der Waals surface area contributed by atoms with Crippen molar-refractivity contribution in [2.75, 3.05) is 25.5 Å². The Hall–Kier alpha value is -1.35. The predicted octanol–water partition coefficient (Wildman–Crippen LogP) is 2.19. The number of nitrogens with one attached hydrogen (secondary N) is 1. The largest absolute Gasteiger partial charge is 0.326 e. The number of carbonyl (C=O) groups excluding carboxylic acids is 1. The molecule has 1 aromatic rings. The zero-order valence-corrected chi connectivity index (χ0v) is 10.8. The Bertz CT molecular complexity index is 428. The van der Waals surface area contributed by atoms with Crippen LogP contribution in [-0.2, 0) is 4.79 Å². The van der Waals surface area contributed by atoms with Crippen molar-refractivity contribution >= 4 is 11.6 Å². The maximum absolute atomic E-state index is 12.1. The van der Waals surface area contributed by atoms with Gasteiger partial charge in [0.2, 0.25) is 5.91 Å². The lowest BCUT2D eigenvalue weighted by atomic mass is 10.1. The van der Waals surface area contributed by atoms with Gasteiger partial charge >= 0.3 is 0 Å². The molecule has 3 heteroatoms. The van der Waals surface area contributed by atoms with E-state index in [-0.39, 0.29) is 11.8 Å². The van der Waals surface area contributed by atoms with E-state index in [9.17, 15) is 4.79 Å². The number of amides is 1. The second-order valence-electron chi connectivity index (χ2n) is 5.06. The van der Waals surface area contributed by atoms with Crippen molar-refractivity contribution < 1.29 is 4.79 Å². The average molecular weight is 232 g/mol. The molecule has 1 unspecified atom stereocenters. The van der Waals surface area contributed by atoms with Crippen molar-refractivity contribution in [1.29, 1.82) is 0 Å². The van der Waals surface area contributed by atoms with E-state index in [1.54, 1.807) is 0 Å². The van der Waals surface area contributed by atoms with Crippen molar-refractivity contribution in [3.63, 3.8) is 0 Å². The molecule has 1 amide bonds. The van der Waals surface area contributed by atoms with E-state index in [0.29, 0.717) is 0 Å². The van der Waals surface area contributed by atoms with Crippen LogP contribution in [0.2, 0.25) is 0 Å². The van der Waals surface area contributed by atoms with Gasteiger partial charge in [-0.15, -0.1) is 0 Å². The molecule has 92 valence electrons. The van der Waals surface area contributed by atoms with E-state index >= 15 is 0 Å². The predicted molar refractivity (Wildman–Crippen MR) is 70.1 cm³/mol. The van der Waals surface area contributed by atoms with Crippen molar-refractivity contribution in [3.8, 4) is 0 Å². The van der Waals surface area contributed by atoms with Crippen LogP contribution in [0.25, 0.3) is 0 Å². The van der Waals surface area contributed by atoms with Crippen LogP contribution in [0.3, 0.4) is 0 Å². The molecule has 1 aromatic carbocycles. The van der Waals surface area contributed by atoms with Gasteiger partial charge < -0.3 is 10.2 Å². The van der Waals surface area contributed by atoms with Crippen LogP contribution in [-0.4, -0.2) is 30.9 Å². The summed E-state index contributed by atoms with van der Waals surface area (Å²) < 4.78 is 0. The van der Waals surface area contributed by atoms with Crippen molar-refractivity contribution in [2.45, 2.75) is 20.3 Å². The molecular weight excluding hydrogens is 212 g/mol. The first-order valence-electron chi connectivity index (χ1n) is 6.13. The van der Waals surface area contributed by atoms with E-state index < -0.39 is 0 Å². The molecule has 1 heterocycles. The van der Waals surface area contributed by atoms with Crippen molar-refractivity contribution in [2.24, 2.45) is 5.92 Å². The first kappa shape index (κ1) is 12.1. The minimum Gasteiger partial charge on any atom is -0.326 e. The van der Waals surface area contributed by atoms with Gasteiger partial charge in [-0.2, -0.15) is 0 Å². The van der Waals surface area contributed by atoms with Gasteiger partial charge in [-0.3, -0.25) is 4.79 Å². The zero-order valence-electron chi connectivity index (χ0n) is 10.8. The molecule has 0 radical (unpaired) electrons. The fraction of sp³-hybridized carbons (Fsp3) is 0.500. The highest BCUT2D eigenvalue weighted by Gasteiger charge is 2.26. The number of hydrogen-bond donors (Lipinski definition) is 1. The maximum Gasteiger partial charge on any atom is 0.228 e. The highest BCUT2D eigenvalue weighted by molar-refractivity contribution is 5.93. The molecule has 0 spiro atoms. The third-order valence-electron chi connectivity index (χ3n) is 3.41. The van der Waals surface area contributed by atoms with E-state index in [4.69, 9.17) is 0 Å². The Morgan fingerprint density at radius 3 is 2.82 bits per heavy atom. The van der Waals surface area contributed by atoms with E-state index in [2.05, 4.69) is 23.3 Å². The lowest BCUT2D eigenvalue weighted by Gasteiger charge is -2.13. The first-order valence-corrected chi connectivity index (χ1v) is 6.13. The summed E-state index contributed by atoms with van der Waals surface area (Å²) in [7, 11) is 2.06. The van der Waals surface area contributed by atoms with Crippen LogP contribution >= 0.6 is 0 Å². The molecule has 0 saturated carbocycles. The number of likely N-dealkylation sites (tertiary alicyclic amines) is 1. The van der Waals surface area contributed by atoms with Gasteiger partial charge in [-0.25, -0.2) is 0 Å². The maximum atomic E-state index is 12.1. The third kappa shape index (κ3) is 2.86. The Morgan fingerprint density at radius 1 is 1.41 bits per heavy atom. The Kier molecular flexibility index (Phi) is 3.48. The molecule has 2 rings (SSSR count). The fourth-order valence-electron chi connectivity index (χ4n) is 2.25. The highest BCUT2D eigenvalue weighted by atomic mass is 16.1. The molecule has 1 fully saturated rings. The van der Waals surface area contributed by atoms with Crippen LogP contribution in [0.1, 0.15) is 17.5 Å². The molecule has 0 bridgehead atoms. The lowest BCUT2D eigenvalue weighted by molar-refractivity contribution is -0.119. The normalized spacial score (nSPS) is 20.5. The monoisotopic (exact) mass is 232 g/mol. The second-order valence-corrected chi connectivity index (χ2v) is 5.06. The Morgan fingerprint density at radius 2 is 2.18 bits per heavy atom. The molecule has 1 saturated heterocycles. The Labute approximate surface area is 103 Å². The molecule has 3 nitrogen and oxygen atoms in total. The van der Waals surface area contributed by atoms with Crippen molar-refractivity contribution in [1.82, 2.24) is 4.90 Å². The smallest absolute Gasteiger partial charge is 0.228 e. The number of aryl methyl sites for hydroxylation is 2. The Balaban J connectivity index is 2.05. The molecule has 0 aliphatic carbocycles. The van der Waals surface area contributed by atoms with Crippen LogP contribution < -0.4 is 5.32 Å². The summed E-state index contributed by atoms with van der Waals surface area (Å²) in [5, 5.41) is 3.05. The quantitative estimate of drug-likeness (QED) is 0.847. The van der Waals surface area contributed by atoms with Gasteiger partial charge in [-0.1, -0.05) is 12.1 Å². The summed E-state index contributed by atoms with van der Waals surface area (Å²) in [5.41, 5.74) is 3.24. The summed E-state index contributed by atoms with van der Waals surface area (Å²) in [6.45, 7) is 5.95. The highest BCUT2D eigenvalue weighted by Crippen LogP contribution is 2.20. The van der Waals surface area contributed by atoms with Gasteiger partial charge in [-0.05, 0) is 51.1 Å². The minimum atomic E-state index is 0.139. The zero-order chi connectivity index (χ0) is 12.4. The SMILES string of the molecule is Cc1ccc(C)c(NC(=O)C2CCN(C)C2)c1. The molecule has 1 aliphatic heterocycles. The summed E-state index contributed by atoms with van der Waals surface area (Å²) in [6.07, 6.45) is 0.965. The molecule has 17 heavy (non-hydrogen) atoms. The average Bonchev–Trinajstić information content (AvgIpc) is 2.70. The first-order chi connectivity index (χ1) is 8.06. The van der Waals surface area contributed by atoms with E-state index in [1.165, 1.54) is 5.56 Å². The summed E-state index contributed by atoms with van der Waals surface area (Å²) >= 11 is 0. The molecule has 1 N–H and O–H groups in total. The molecule has 0 aromatic heterocycles.